The maximum atomic E-state index is 13.8. The van der Waals surface area contributed by atoms with Gasteiger partial charge in [0.1, 0.15) is 11.6 Å². The number of aromatic nitrogens is 1. The van der Waals surface area contributed by atoms with E-state index in [2.05, 4.69) is 10.3 Å². The molecule has 2 aromatic carbocycles. The zero-order valence-electron chi connectivity index (χ0n) is 14.9. The average molecular weight is 371 g/mol. The molecule has 7 heteroatoms. The predicted octanol–water partition coefficient (Wildman–Crippen LogP) is 4.25. The number of carbonyl (C=O) groups excluding carboxylic acids is 1. The van der Waals surface area contributed by atoms with Crippen molar-refractivity contribution in [3.8, 4) is 0 Å². The normalized spacial score (nSPS) is 11.0. The van der Waals surface area contributed by atoms with Crippen LogP contribution in [0, 0.1) is 11.6 Å². The van der Waals surface area contributed by atoms with Gasteiger partial charge in [-0.25, -0.2) is 13.6 Å². The lowest BCUT2D eigenvalue weighted by molar-refractivity contribution is 0.194. The molecule has 140 valence electrons. The number of aromatic amines is 1. The van der Waals surface area contributed by atoms with Gasteiger partial charge < -0.3 is 15.2 Å². The van der Waals surface area contributed by atoms with Crippen molar-refractivity contribution in [2.75, 3.05) is 5.32 Å². The lowest BCUT2D eigenvalue weighted by Crippen LogP contribution is -2.40. The molecule has 0 fully saturated rings. The van der Waals surface area contributed by atoms with E-state index in [1.165, 1.54) is 17.0 Å². The lowest BCUT2D eigenvalue weighted by atomic mass is 10.1. The monoisotopic (exact) mass is 371 g/mol. The Bertz CT molecular complexity index is 1050. The van der Waals surface area contributed by atoms with Crippen molar-refractivity contribution in [2.24, 2.45) is 0 Å². The minimum atomic E-state index is -0.853. The van der Waals surface area contributed by atoms with Gasteiger partial charge in [0.15, 0.2) is 0 Å². The molecule has 0 spiro atoms. The minimum Gasteiger partial charge on any atom is -0.322 e. The van der Waals surface area contributed by atoms with E-state index >= 15 is 0 Å². The number of rotatable bonds is 4. The number of H-pyrrole nitrogens is 1. The van der Waals surface area contributed by atoms with Crippen LogP contribution in [0.3, 0.4) is 0 Å². The number of amides is 2. The van der Waals surface area contributed by atoms with Gasteiger partial charge in [-0.1, -0.05) is 18.2 Å². The number of urea groups is 1. The molecular weight excluding hydrogens is 352 g/mol. The highest BCUT2D eigenvalue weighted by molar-refractivity contribution is 5.90. The van der Waals surface area contributed by atoms with E-state index < -0.39 is 17.7 Å². The molecule has 3 rings (SSSR count). The number of pyridine rings is 1. The number of benzene rings is 2. The molecule has 0 saturated carbocycles. The Hall–Kier alpha value is -3.22. The van der Waals surface area contributed by atoms with Crippen LogP contribution in [0.5, 0.6) is 0 Å². The molecule has 0 aliphatic heterocycles. The summed E-state index contributed by atoms with van der Waals surface area (Å²) >= 11 is 0. The largest absolute Gasteiger partial charge is 0.322 e. The fraction of sp³-hybridized carbons (Fsp3) is 0.200. The zero-order chi connectivity index (χ0) is 19.6. The molecule has 1 aromatic heterocycles. The number of nitrogens with one attached hydrogen (secondary N) is 2. The molecule has 1 heterocycles. The highest BCUT2D eigenvalue weighted by atomic mass is 19.1. The Labute approximate surface area is 154 Å². The molecule has 0 bridgehead atoms. The SMILES string of the molecule is CC(C)N(Cc1cc(=O)[nH]c2ccccc12)C(=O)Nc1ccc(F)cc1F. The summed E-state index contributed by atoms with van der Waals surface area (Å²) < 4.78 is 26.9. The third-order valence-electron chi connectivity index (χ3n) is 4.23. The molecule has 0 aliphatic carbocycles. The van der Waals surface area contributed by atoms with Crippen LogP contribution in [0.2, 0.25) is 0 Å². The van der Waals surface area contributed by atoms with E-state index in [-0.39, 0.29) is 23.8 Å². The van der Waals surface area contributed by atoms with Crippen molar-refractivity contribution in [3.05, 3.63) is 76.1 Å². The number of carbonyl (C=O) groups is 1. The third kappa shape index (κ3) is 4.13. The van der Waals surface area contributed by atoms with Gasteiger partial charge in [-0.05, 0) is 37.6 Å². The van der Waals surface area contributed by atoms with Gasteiger partial charge in [-0.3, -0.25) is 4.79 Å². The minimum absolute atomic E-state index is 0.109. The molecule has 3 aromatic rings. The van der Waals surface area contributed by atoms with Crippen LogP contribution in [0.4, 0.5) is 19.3 Å². The predicted molar refractivity (Wildman–Crippen MR) is 101 cm³/mol. The van der Waals surface area contributed by atoms with Gasteiger partial charge in [0.2, 0.25) is 5.56 Å². The topological polar surface area (TPSA) is 65.2 Å². The fourth-order valence-electron chi connectivity index (χ4n) is 2.86. The van der Waals surface area contributed by atoms with Crippen LogP contribution in [0.25, 0.3) is 10.9 Å². The number of para-hydroxylation sites is 1. The molecule has 0 unspecified atom stereocenters. The highest BCUT2D eigenvalue weighted by Gasteiger charge is 2.20. The summed E-state index contributed by atoms with van der Waals surface area (Å²) in [7, 11) is 0. The first-order chi connectivity index (χ1) is 12.8. The van der Waals surface area contributed by atoms with Crippen LogP contribution >= 0.6 is 0 Å². The molecule has 27 heavy (non-hydrogen) atoms. The Kier molecular flexibility index (Phi) is 5.21. The van der Waals surface area contributed by atoms with E-state index in [4.69, 9.17) is 0 Å². The molecule has 0 aliphatic rings. The van der Waals surface area contributed by atoms with E-state index in [1.807, 2.05) is 32.0 Å². The molecular formula is C20H19F2N3O2. The van der Waals surface area contributed by atoms with Crippen LogP contribution < -0.4 is 10.9 Å². The Morgan fingerprint density at radius 2 is 1.89 bits per heavy atom. The van der Waals surface area contributed by atoms with Gasteiger partial charge in [0, 0.05) is 35.6 Å². The van der Waals surface area contributed by atoms with Crippen molar-refractivity contribution in [3.63, 3.8) is 0 Å². The third-order valence-corrected chi connectivity index (χ3v) is 4.23. The van der Waals surface area contributed by atoms with Crippen molar-refractivity contribution in [1.29, 1.82) is 0 Å². The van der Waals surface area contributed by atoms with Gasteiger partial charge in [-0.2, -0.15) is 0 Å². The van der Waals surface area contributed by atoms with E-state index in [9.17, 15) is 18.4 Å². The van der Waals surface area contributed by atoms with Gasteiger partial charge >= 0.3 is 6.03 Å². The van der Waals surface area contributed by atoms with Crippen LogP contribution in [-0.4, -0.2) is 22.0 Å². The number of halogens is 2. The number of hydrogen-bond acceptors (Lipinski definition) is 2. The van der Waals surface area contributed by atoms with Crippen LogP contribution in [0.15, 0.2) is 53.3 Å². The second kappa shape index (κ2) is 7.57. The molecule has 2 N–H and O–H groups in total. The second-order valence-electron chi connectivity index (χ2n) is 6.48. The first-order valence-corrected chi connectivity index (χ1v) is 8.49. The Balaban J connectivity index is 1.90. The molecule has 0 radical (unpaired) electrons. The number of fused-ring (bicyclic) bond motifs is 1. The smallest absolute Gasteiger partial charge is 0.322 e. The summed E-state index contributed by atoms with van der Waals surface area (Å²) in [5.41, 5.74) is 0.978. The molecule has 2 amide bonds. The zero-order valence-corrected chi connectivity index (χ0v) is 14.9. The quantitative estimate of drug-likeness (QED) is 0.720. The fourth-order valence-corrected chi connectivity index (χ4v) is 2.86. The maximum absolute atomic E-state index is 13.8. The first-order valence-electron chi connectivity index (χ1n) is 8.49. The average Bonchev–Trinajstić information content (AvgIpc) is 2.61. The molecule has 0 saturated heterocycles. The summed E-state index contributed by atoms with van der Waals surface area (Å²) in [5, 5.41) is 3.28. The molecule has 0 atom stereocenters. The number of hydrogen-bond donors (Lipinski definition) is 2. The number of anilines is 1. The summed E-state index contributed by atoms with van der Waals surface area (Å²) in [5.74, 6) is -1.57. The summed E-state index contributed by atoms with van der Waals surface area (Å²) in [6.45, 7) is 3.79. The van der Waals surface area contributed by atoms with Crippen LogP contribution in [-0.2, 0) is 6.54 Å². The molecule has 5 nitrogen and oxygen atoms in total. The van der Waals surface area contributed by atoms with Crippen molar-refractivity contribution < 1.29 is 13.6 Å². The summed E-state index contributed by atoms with van der Waals surface area (Å²) in [6.07, 6.45) is 0. The maximum Gasteiger partial charge on any atom is 0.322 e. The number of nitrogens with zero attached hydrogens (tertiary/aromatic N) is 1. The van der Waals surface area contributed by atoms with E-state index in [0.717, 1.165) is 11.5 Å². The van der Waals surface area contributed by atoms with E-state index in [0.29, 0.717) is 17.1 Å². The first kappa shape index (κ1) is 18.6. The van der Waals surface area contributed by atoms with E-state index in [1.54, 1.807) is 6.07 Å². The Morgan fingerprint density at radius 3 is 2.59 bits per heavy atom. The van der Waals surface area contributed by atoms with Crippen molar-refractivity contribution in [2.45, 2.75) is 26.4 Å². The van der Waals surface area contributed by atoms with Gasteiger partial charge in [0.05, 0.1) is 5.69 Å². The summed E-state index contributed by atoms with van der Waals surface area (Å²) in [6, 6.07) is 10.9. The second-order valence-corrected chi connectivity index (χ2v) is 6.48. The standard InChI is InChI=1S/C20H19F2N3O2/c1-12(2)25(20(27)24-18-8-7-14(21)10-16(18)22)11-13-9-19(26)23-17-6-4-3-5-15(13)17/h3-10,12H,11H2,1-2H3,(H,23,26)(H,24,27). The highest BCUT2D eigenvalue weighted by Crippen LogP contribution is 2.20. The Morgan fingerprint density at radius 1 is 1.15 bits per heavy atom. The summed E-state index contributed by atoms with van der Waals surface area (Å²) in [4.78, 5) is 28.8. The van der Waals surface area contributed by atoms with Crippen LogP contribution in [0.1, 0.15) is 19.4 Å². The van der Waals surface area contributed by atoms with Gasteiger partial charge in [-0.15, -0.1) is 0 Å². The van der Waals surface area contributed by atoms with Crippen molar-refractivity contribution in [1.82, 2.24) is 9.88 Å². The lowest BCUT2D eigenvalue weighted by Gasteiger charge is -2.27. The van der Waals surface area contributed by atoms with Crippen molar-refractivity contribution >= 4 is 22.6 Å². The van der Waals surface area contributed by atoms with Gasteiger partial charge in [0.25, 0.3) is 0 Å².